The molecule has 1 amide bonds. The molecular weight excluding hydrogens is 362 g/mol. The summed E-state index contributed by atoms with van der Waals surface area (Å²) in [6, 6.07) is 24.6. The third-order valence-corrected chi connectivity index (χ3v) is 4.49. The van der Waals surface area contributed by atoms with Crippen LogP contribution in [0.15, 0.2) is 78.9 Å². The lowest BCUT2D eigenvalue weighted by molar-refractivity contribution is 0.102. The van der Waals surface area contributed by atoms with Crippen LogP contribution in [0.5, 0.6) is 11.5 Å². The zero-order valence-corrected chi connectivity index (χ0v) is 16.8. The number of benzene rings is 3. The van der Waals surface area contributed by atoms with Crippen LogP contribution < -0.4 is 14.8 Å². The van der Waals surface area contributed by atoms with Crippen LogP contribution in [-0.4, -0.2) is 12.5 Å². The van der Waals surface area contributed by atoms with Gasteiger partial charge in [0, 0.05) is 11.3 Å². The maximum Gasteiger partial charge on any atom is 0.255 e. The van der Waals surface area contributed by atoms with E-state index in [9.17, 15) is 4.79 Å². The lowest BCUT2D eigenvalue weighted by Gasteiger charge is -2.09. The van der Waals surface area contributed by atoms with Gasteiger partial charge in [-0.25, -0.2) is 0 Å². The third kappa shape index (κ3) is 6.68. The van der Waals surface area contributed by atoms with Gasteiger partial charge >= 0.3 is 0 Å². The number of hydrogen-bond acceptors (Lipinski definition) is 3. The number of nitrogens with one attached hydrogen (secondary N) is 1. The fraction of sp³-hybridized carbons (Fsp3) is 0.240. The van der Waals surface area contributed by atoms with Crippen molar-refractivity contribution in [3.8, 4) is 11.5 Å². The first-order valence-electron chi connectivity index (χ1n) is 10.1. The van der Waals surface area contributed by atoms with Crippen molar-refractivity contribution in [2.75, 3.05) is 11.9 Å². The molecule has 150 valence electrons. The van der Waals surface area contributed by atoms with Crippen molar-refractivity contribution >= 4 is 11.6 Å². The minimum atomic E-state index is -0.152. The third-order valence-electron chi connectivity index (χ3n) is 4.49. The first-order valence-corrected chi connectivity index (χ1v) is 10.1. The largest absolute Gasteiger partial charge is 0.494 e. The molecule has 0 aliphatic carbocycles. The van der Waals surface area contributed by atoms with Gasteiger partial charge in [0.25, 0.3) is 5.91 Å². The van der Waals surface area contributed by atoms with Gasteiger partial charge in [-0.05, 0) is 60.5 Å². The second kappa shape index (κ2) is 10.9. The molecule has 4 heteroatoms. The summed E-state index contributed by atoms with van der Waals surface area (Å²) in [4.78, 5) is 12.4. The van der Waals surface area contributed by atoms with Crippen LogP contribution >= 0.6 is 0 Å². The molecule has 0 aliphatic heterocycles. The standard InChI is InChI=1S/C25H27NO3/c1-2-3-7-18-28-23-14-10-21(11-15-23)25(27)26-22-12-16-24(17-13-22)29-19-20-8-5-4-6-9-20/h4-6,8-17H,2-3,7,18-19H2,1H3,(H,26,27). The molecule has 3 aromatic carbocycles. The molecule has 0 radical (unpaired) electrons. The van der Waals surface area contributed by atoms with Crippen molar-refractivity contribution in [3.63, 3.8) is 0 Å². The van der Waals surface area contributed by atoms with Crippen LogP contribution in [0.1, 0.15) is 42.1 Å². The number of rotatable bonds is 10. The van der Waals surface area contributed by atoms with Crippen molar-refractivity contribution in [1.82, 2.24) is 0 Å². The summed E-state index contributed by atoms with van der Waals surface area (Å²) in [6.45, 7) is 3.39. The van der Waals surface area contributed by atoms with Crippen molar-refractivity contribution in [2.24, 2.45) is 0 Å². The molecule has 0 saturated carbocycles. The zero-order valence-electron chi connectivity index (χ0n) is 16.8. The Hall–Kier alpha value is -3.27. The molecule has 4 nitrogen and oxygen atoms in total. The van der Waals surface area contributed by atoms with Gasteiger partial charge in [-0.2, -0.15) is 0 Å². The predicted octanol–water partition coefficient (Wildman–Crippen LogP) is 6.09. The molecule has 0 bridgehead atoms. The van der Waals surface area contributed by atoms with Gasteiger partial charge in [0.05, 0.1) is 6.61 Å². The van der Waals surface area contributed by atoms with Crippen molar-refractivity contribution in [3.05, 3.63) is 90.0 Å². The quantitative estimate of drug-likeness (QED) is 0.427. The Balaban J connectivity index is 1.48. The second-order valence-electron chi connectivity index (χ2n) is 6.83. The summed E-state index contributed by atoms with van der Waals surface area (Å²) in [5, 5.41) is 2.90. The van der Waals surface area contributed by atoms with Gasteiger partial charge in [0.15, 0.2) is 0 Å². The van der Waals surface area contributed by atoms with E-state index in [1.807, 2.05) is 66.7 Å². The van der Waals surface area contributed by atoms with Crippen molar-refractivity contribution < 1.29 is 14.3 Å². The highest BCUT2D eigenvalue weighted by molar-refractivity contribution is 6.04. The van der Waals surface area contributed by atoms with E-state index in [-0.39, 0.29) is 5.91 Å². The normalized spacial score (nSPS) is 10.4. The number of anilines is 1. The van der Waals surface area contributed by atoms with E-state index in [0.29, 0.717) is 18.8 Å². The molecule has 29 heavy (non-hydrogen) atoms. The highest BCUT2D eigenvalue weighted by atomic mass is 16.5. The van der Waals surface area contributed by atoms with Gasteiger partial charge in [-0.1, -0.05) is 50.1 Å². The molecule has 3 rings (SSSR count). The SMILES string of the molecule is CCCCCOc1ccc(C(=O)Nc2ccc(OCc3ccccc3)cc2)cc1. The summed E-state index contributed by atoms with van der Waals surface area (Å²) >= 11 is 0. The maximum atomic E-state index is 12.4. The topological polar surface area (TPSA) is 47.6 Å². The van der Waals surface area contributed by atoms with E-state index in [1.54, 1.807) is 12.1 Å². The Kier molecular flexibility index (Phi) is 7.70. The average molecular weight is 389 g/mol. The molecule has 1 N–H and O–H groups in total. The van der Waals surface area contributed by atoms with Crippen LogP contribution in [0, 0.1) is 0 Å². The summed E-state index contributed by atoms with van der Waals surface area (Å²) < 4.78 is 11.5. The number of amides is 1. The molecule has 0 atom stereocenters. The predicted molar refractivity (Wildman–Crippen MR) is 117 cm³/mol. The highest BCUT2D eigenvalue weighted by Gasteiger charge is 2.07. The Labute approximate surface area is 172 Å². The first kappa shape index (κ1) is 20.5. The summed E-state index contributed by atoms with van der Waals surface area (Å²) in [7, 11) is 0. The number of carbonyl (C=O) groups excluding carboxylic acids is 1. The van der Waals surface area contributed by atoms with Gasteiger partial charge in [-0.3, -0.25) is 4.79 Å². The van der Waals surface area contributed by atoms with Crippen LogP contribution in [-0.2, 0) is 6.61 Å². The van der Waals surface area contributed by atoms with E-state index in [2.05, 4.69) is 12.2 Å². The van der Waals surface area contributed by atoms with E-state index in [4.69, 9.17) is 9.47 Å². The molecule has 0 aromatic heterocycles. The average Bonchev–Trinajstić information content (AvgIpc) is 2.77. The molecule has 0 unspecified atom stereocenters. The number of hydrogen-bond donors (Lipinski definition) is 1. The summed E-state index contributed by atoms with van der Waals surface area (Å²) in [5.41, 5.74) is 2.43. The zero-order chi connectivity index (χ0) is 20.3. The number of carbonyl (C=O) groups is 1. The van der Waals surface area contributed by atoms with Crippen LogP contribution in [0.3, 0.4) is 0 Å². The van der Waals surface area contributed by atoms with Gasteiger partial charge in [0.1, 0.15) is 18.1 Å². The van der Waals surface area contributed by atoms with Crippen molar-refractivity contribution in [1.29, 1.82) is 0 Å². The Morgan fingerprint density at radius 2 is 1.45 bits per heavy atom. The molecule has 0 aliphatic rings. The van der Waals surface area contributed by atoms with Gasteiger partial charge < -0.3 is 14.8 Å². The summed E-state index contributed by atoms with van der Waals surface area (Å²) in [6.07, 6.45) is 3.38. The van der Waals surface area contributed by atoms with E-state index in [0.717, 1.165) is 35.6 Å². The Bertz CT molecular complexity index is 874. The van der Waals surface area contributed by atoms with Gasteiger partial charge in [0.2, 0.25) is 0 Å². The lowest BCUT2D eigenvalue weighted by Crippen LogP contribution is -2.11. The van der Waals surface area contributed by atoms with E-state index in [1.165, 1.54) is 6.42 Å². The minimum absolute atomic E-state index is 0.152. The number of ether oxygens (including phenoxy) is 2. The minimum Gasteiger partial charge on any atom is -0.494 e. The van der Waals surface area contributed by atoms with Gasteiger partial charge in [-0.15, -0.1) is 0 Å². The molecular formula is C25H27NO3. The highest BCUT2D eigenvalue weighted by Crippen LogP contribution is 2.19. The van der Waals surface area contributed by atoms with Crippen LogP contribution in [0.25, 0.3) is 0 Å². The monoisotopic (exact) mass is 389 g/mol. The molecule has 0 heterocycles. The molecule has 0 saturated heterocycles. The second-order valence-corrected chi connectivity index (χ2v) is 6.83. The molecule has 3 aromatic rings. The Morgan fingerprint density at radius 1 is 0.793 bits per heavy atom. The maximum absolute atomic E-state index is 12.4. The van der Waals surface area contributed by atoms with Crippen LogP contribution in [0.2, 0.25) is 0 Å². The van der Waals surface area contributed by atoms with E-state index >= 15 is 0 Å². The summed E-state index contributed by atoms with van der Waals surface area (Å²) in [5.74, 6) is 1.40. The Morgan fingerprint density at radius 3 is 2.14 bits per heavy atom. The van der Waals surface area contributed by atoms with E-state index < -0.39 is 0 Å². The fourth-order valence-electron chi connectivity index (χ4n) is 2.82. The fourth-order valence-corrected chi connectivity index (χ4v) is 2.82. The number of unbranched alkanes of at least 4 members (excludes halogenated alkanes) is 2. The molecule has 0 spiro atoms. The lowest BCUT2D eigenvalue weighted by atomic mass is 10.2. The van der Waals surface area contributed by atoms with Crippen LogP contribution in [0.4, 0.5) is 5.69 Å². The van der Waals surface area contributed by atoms with Crippen molar-refractivity contribution in [2.45, 2.75) is 32.8 Å². The first-order chi connectivity index (χ1) is 14.2. The molecule has 0 fully saturated rings. The smallest absolute Gasteiger partial charge is 0.255 e.